The first-order valence-electron chi connectivity index (χ1n) is 3.97. The summed E-state index contributed by atoms with van der Waals surface area (Å²) in [6, 6.07) is 0. The number of hydrogen-bond donors (Lipinski definition) is 1. The lowest BCUT2D eigenvalue weighted by atomic mass is 9.71. The van der Waals surface area contributed by atoms with Crippen LogP contribution >= 0.6 is 0 Å². The predicted octanol–water partition coefficient (Wildman–Crippen LogP) is 2.16. The van der Waals surface area contributed by atoms with Crippen LogP contribution in [0.4, 0.5) is 0 Å². The summed E-state index contributed by atoms with van der Waals surface area (Å²) in [4.78, 5) is 0. The van der Waals surface area contributed by atoms with Gasteiger partial charge in [0.1, 0.15) is 0 Å². The van der Waals surface area contributed by atoms with Gasteiger partial charge in [0.2, 0.25) is 0 Å². The summed E-state index contributed by atoms with van der Waals surface area (Å²) in [7, 11) is 0. The number of rotatable bonds is 1. The summed E-state index contributed by atoms with van der Waals surface area (Å²) >= 11 is 0. The van der Waals surface area contributed by atoms with Crippen LogP contribution in [-0.2, 0) is 0 Å². The molecule has 0 bridgehead atoms. The number of nitrogens with two attached hydrogens (primary N) is 1. The molecular weight excluding hydrogens is 110 g/mol. The first-order chi connectivity index (χ1) is 4.27. The molecule has 0 atom stereocenters. The normalized spacial score (nSPS) is 21.3. The lowest BCUT2D eigenvalue weighted by Gasteiger charge is -2.36. The molecule has 0 amide bonds. The Bertz CT molecular complexity index is 59.5. The van der Waals surface area contributed by atoms with E-state index in [-0.39, 0.29) is 0 Å². The van der Waals surface area contributed by atoms with Crippen LogP contribution in [0.3, 0.4) is 0 Å². The minimum Gasteiger partial charge on any atom is -0.330 e. The molecule has 1 fully saturated rings. The van der Waals surface area contributed by atoms with E-state index in [9.17, 15) is 0 Å². The van der Waals surface area contributed by atoms with Gasteiger partial charge in [0.15, 0.2) is 0 Å². The molecule has 0 aromatic heterocycles. The molecule has 0 aromatic carbocycles. The van der Waals surface area contributed by atoms with Crippen LogP contribution in [0.5, 0.6) is 0 Å². The van der Waals surface area contributed by atoms with Crippen LogP contribution in [0.25, 0.3) is 0 Å². The second kappa shape index (κ2) is 3.89. The third-order valence-corrected chi connectivity index (χ3v) is 2.05. The van der Waals surface area contributed by atoms with Crippen molar-refractivity contribution in [3.63, 3.8) is 0 Å². The Balaban J connectivity index is 0.000000291. The Morgan fingerprint density at radius 1 is 1.33 bits per heavy atom. The summed E-state index contributed by atoms with van der Waals surface area (Å²) in [6.07, 6.45) is 4.10. The van der Waals surface area contributed by atoms with Crippen LogP contribution in [0.2, 0.25) is 0 Å². The smallest absolute Gasteiger partial charge is 0.00232 e. The molecule has 1 saturated carbocycles. The van der Waals surface area contributed by atoms with Crippen molar-refractivity contribution in [2.45, 2.75) is 40.0 Å². The molecule has 56 valence electrons. The van der Waals surface area contributed by atoms with Crippen molar-refractivity contribution in [2.75, 3.05) is 6.54 Å². The zero-order chi connectivity index (χ0) is 7.33. The fourth-order valence-electron chi connectivity index (χ4n) is 0.984. The maximum absolute atomic E-state index is 5.47. The summed E-state index contributed by atoms with van der Waals surface area (Å²) in [6.45, 7) is 7.14. The van der Waals surface area contributed by atoms with E-state index in [4.69, 9.17) is 5.73 Å². The second-order valence-corrected chi connectivity index (χ2v) is 2.87. The van der Waals surface area contributed by atoms with Crippen LogP contribution in [0.1, 0.15) is 40.0 Å². The van der Waals surface area contributed by atoms with Gasteiger partial charge < -0.3 is 5.73 Å². The van der Waals surface area contributed by atoms with Crippen LogP contribution in [0.15, 0.2) is 0 Å². The van der Waals surface area contributed by atoms with Crippen molar-refractivity contribution in [2.24, 2.45) is 11.1 Å². The zero-order valence-corrected chi connectivity index (χ0v) is 6.91. The molecule has 0 spiro atoms. The first-order valence-corrected chi connectivity index (χ1v) is 3.97. The second-order valence-electron chi connectivity index (χ2n) is 2.87. The van der Waals surface area contributed by atoms with Gasteiger partial charge >= 0.3 is 0 Å². The van der Waals surface area contributed by atoms with Gasteiger partial charge in [-0.25, -0.2) is 0 Å². The molecule has 1 nitrogen and oxygen atoms in total. The molecule has 0 unspecified atom stereocenters. The van der Waals surface area contributed by atoms with Gasteiger partial charge in [0.25, 0.3) is 0 Å². The third-order valence-electron chi connectivity index (χ3n) is 2.05. The average molecular weight is 129 g/mol. The third kappa shape index (κ3) is 2.35. The number of hydrogen-bond acceptors (Lipinski definition) is 1. The molecule has 1 aliphatic rings. The van der Waals surface area contributed by atoms with Gasteiger partial charge in [-0.15, -0.1) is 0 Å². The lowest BCUT2D eigenvalue weighted by molar-refractivity contribution is 0.173. The lowest BCUT2D eigenvalue weighted by Crippen LogP contribution is -2.33. The molecule has 1 rings (SSSR count). The largest absolute Gasteiger partial charge is 0.330 e. The van der Waals surface area contributed by atoms with Gasteiger partial charge in [0.05, 0.1) is 0 Å². The van der Waals surface area contributed by atoms with Crippen LogP contribution in [0, 0.1) is 5.41 Å². The van der Waals surface area contributed by atoms with Crippen LogP contribution < -0.4 is 5.73 Å². The highest BCUT2D eigenvalue weighted by Crippen LogP contribution is 2.38. The molecule has 0 heterocycles. The Morgan fingerprint density at radius 2 is 1.78 bits per heavy atom. The quantitative estimate of drug-likeness (QED) is 0.577. The average Bonchev–Trinajstić information content (AvgIpc) is 1.88. The highest BCUT2D eigenvalue weighted by molar-refractivity contribution is 4.83. The maximum atomic E-state index is 5.47. The SMILES string of the molecule is CC.CC1(CN)CCC1. The van der Waals surface area contributed by atoms with E-state index < -0.39 is 0 Å². The molecule has 0 saturated heterocycles. The molecule has 9 heavy (non-hydrogen) atoms. The molecule has 0 aliphatic heterocycles. The van der Waals surface area contributed by atoms with E-state index >= 15 is 0 Å². The molecular formula is C8H19N. The van der Waals surface area contributed by atoms with Gasteiger partial charge in [-0.1, -0.05) is 27.2 Å². The first kappa shape index (κ1) is 8.96. The van der Waals surface area contributed by atoms with Gasteiger partial charge in [-0.05, 0) is 24.8 Å². The molecule has 0 radical (unpaired) electrons. The maximum Gasteiger partial charge on any atom is -0.00232 e. The van der Waals surface area contributed by atoms with E-state index in [1.807, 2.05) is 13.8 Å². The molecule has 1 heteroatoms. The van der Waals surface area contributed by atoms with Crippen molar-refractivity contribution in [1.29, 1.82) is 0 Å². The van der Waals surface area contributed by atoms with E-state index in [1.165, 1.54) is 19.3 Å². The van der Waals surface area contributed by atoms with Gasteiger partial charge in [-0.2, -0.15) is 0 Å². The van der Waals surface area contributed by atoms with E-state index in [1.54, 1.807) is 0 Å². The fourth-order valence-corrected chi connectivity index (χ4v) is 0.984. The predicted molar refractivity (Wildman–Crippen MR) is 42.4 cm³/mol. The fraction of sp³-hybridized carbons (Fsp3) is 1.00. The van der Waals surface area contributed by atoms with E-state index in [2.05, 4.69) is 6.92 Å². The minimum absolute atomic E-state index is 0.542. The highest BCUT2D eigenvalue weighted by Gasteiger charge is 2.29. The molecule has 2 N–H and O–H groups in total. The van der Waals surface area contributed by atoms with Gasteiger partial charge in [-0.3, -0.25) is 0 Å². The Labute approximate surface area is 58.6 Å². The van der Waals surface area contributed by atoms with Crippen LogP contribution in [-0.4, -0.2) is 6.54 Å². The minimum atomic E-state index is 0.542. The summed E-state index contributed by atoms with van der Waals surface area (Å²) < 4.78 is 0. The van der Waals surface area contributed by atoms with Crippen molar-refractivity contribution >= 4 is 0 Å². The van der Waals surface area contributed by atoms with Crippen molar-refractivity contribution < 1.29 is 0 Å². The van der Waals surface area contributed by atoms with Crippen molar-refractivity contribution in [1.82, 2.24) is 0 Å². The van der Waals surface area contributed by atoms with Crippen molar-refractivity contribution in [3.8, 4) is 0 Å². The Hall–Kier alpha value is -0.0400. The highest BCUT2D eigenvalue weighted by atomic mass is 14.6. The van der Waals surface area contributed by atoms with E-state index in [0.29, 0.717) is 5.41 Å². The Morgan fingerprint density at radius 3 is 1.78 bits per heavy atom. The topological polar surface area (TPSA) is 26.0 Å². The summed E-state index contributed by atoms with van der Waals surface area (Å²) in [5, 5.41) is 0. The van der Waals surface area contributed by atoms with Crippen molar-refractivity contribution in [3.05, 3.63) is 0 Å². The molecule has 1 aliphatic carbocycles. The monoisotopic (exact) mass is 129 g/mol. The standard InChI is InChI=1S/C6H13N.C2H6/c1-6(5-7)3-2-4-6;1-2/h2-5,7H2,1H3;1-2H3. The summed E-state index contributed by atoms with van der Waals surface area (Å²) in [5.41, 5.74) is 6.01. The Kier molecular flexibility index (Phi) is 3.87. The summed E-state index contributed by atoms with van der Waals surface area (Å²) in [5.74, 6) is 0. The molecule has 0 aromatic rings. The van der Waals surface area contributed by atoms with Gasteiger partial charge in [0, 0.05) is 0 Å². The zero-order valence-electron chi connectivity index (χ0n) is 6.91. The van der Waals surface area contributed by atoms with E-state index in [0.717, 1.165) is 6.54 Å².